The molecule has 0 aromatic heterocycles. The van der Waals surface area contributed by atoms with Crippen LogP contribution in [0.3, 0.4) is 0 Å². The Bertz CT molecular complexity index is 527. The van der Waals surface area contributed by atoms with Gasteiger partial charge in [0.25, 0.3) is 5.91 Å². The first-order valence-corrected chi connectivity index (χ1v) is 7.32. The van der Waals surface area contributed by atoms with E-state index in [0.717, 1.165) is 18.9 Å². The minimum atomic E-state index is -4.50. The molecule has 0 N–H and O–H groups in total. The summed E-state index contributed by atoms with van der Waals surface area (Å²) in [6, 6.07) is 3.50. The zero-order chi connectivity index (χ0) is 15.6. The molecule has 21 heavy (non-hydrogen) atoms. The van der Waals surface area contributed by atoms with Crippen LogP contribution in [-0.2, 0) is 10.9 Å². The van der Waals surface area contributed by atoms with E-state index in [4.69, 9.17) is 4.74 Å². The number of nitrogens with zero attached hydrogens (tertiary/aromatic N) is 1. The molecule has 0 radical (unpaired) electrons. The fourth-order valence-electron chi connectivity index (χ4n) is 2.27. The number of halogens is 4. The first-order chi connectivity index (χ1) is 9.79. The van der Waals surface area contributed by atoms with Crippen LogP contribution < -0.4 is 0 Å². The van der Waals surface area contributed by atoms with Gasteiger partial charge in [-0.15, -0.1) is 0 Å². The van der Waals surface area contributed by atoms with Crippen LogP contribution in [0.15, 0.2) is 22.7 Å². The normalized spacial score (nSPS) is 18.8. The number of amides is 1. The van der Waals surface area contributed by atoms with Gasteiger partial charge in [0.05, 0.1) is 11.7 Å². The van der Waals surface area contributed by atoms with Gasteiger partial charge in [0.1, 0.15) is 0 Å². The highest BCUT2D eigenvalue weighted by Gasteiger charge is 2.34. The molecule has 116 valence electrons. The second-order valence-corrected chi connectivity index (χ2v) is 5.87. The number of rotatable bonds is 3. The SMILES string of the molecule is CN(CC1CCCO1)C(=O)c1ccc(Br)c(C(F)(F)F)c1. The molecule has 0 bridgehead atoms. The summed E-state index contributed by atoms with van der Waals surface area (Å²) in [6.07, 6.45) is -2.71. The van der Waals surface area contributed by atoms with Crippen LogP contribution in [-0.4, -0.2) is 37.1 Å². The molecule has 1 aliphatic heterocycles. The Morgan fingerprint density at radius 2 is 2.19 bits per heavy atom. The molecule has 0 aliphatic carbocycles. The van der Waals surface area contributed by atoms with Crippen molar-refractivity contribution >= 4 is 21.8 Å². The van der Waals surface area contributed by atoms with Crippen molar-refractivity contribution < 1.29 is 22.7 Å². The lowest BCUT2D eigenvalue weighted by molar-refractivity contribution is -0.138. The Morgan fingerprint density at radius 3 is 2.76 bits per heavy atom. The van der Waals surface area contributed by atoms with E-state index in [1.165, 1.54) is 17.0 Å². The molecule has 0 spiro atoms. The third-order valence-electron chi connectivity index (χ3n) is 3.37. The van der Waals surface area contributed by atoms with Gasteiger partial charge in [-0.05, 0) is 31.0 Å². The molecule has 1 atom stereocenters. The van der Waals surface area contributed by atoms with Gasteiger partial charge in [0.2, 0.25) is 0 Å². The average Bonchev–Trinajstić information content (AvgIpc) is 2.90. The minimum absolute atomic E-state index is 0.0195. The summed E-state index contributed by atoms with van der Waals surface area (Å²) in [6.45, 7) is 1.06. The summed E-state index contributed by atoms with van der Waals surface area (Å²) in [4.78, 5) is 13.6. The van der Waals surface area contributed by atoms with Crippen LogP contribution in [0.1, 0.15) is 28.8 Å². The lowest BCUT2D eigenvalue weighted by atomic mass is 10.1. The second-order valence-electron chi connectivity index (χ2n) is 5.01. The Hall–Kier alpha value is -1.08. The van der Waals surface area contributed by atoms with Crippen LogP contribution in [0.5, 0.6) is 0 Å². The summed E-state index contributed by atoms with van der Waals surface area (Å²) in [5.74, 6) is -0.441. The summed E-state index contributed by atoms with van der Waals surface area (Å²) >= 11 is 2.86. The molecule has 7 heteroatoms. The molecule has 3 nitrogen and oxygen atoms in total. The predicted octanol–water partition coefficient (Wildman–Crippen LogP) is 3.72. The topological polar surface area (TPSA) is 29.5 Å². The molecule has 1 aliphatic rings. The molecule has 1 fully saturated rings. The van der Waals surface area contributed by atoms with Crippen LogP contribution in [0, 0.1) is 0 Å². The van der Waals surface area contributed by atoms with Crippen LogP contribution in [0.25, 0.3) is 0 Å². The van der Waals surface area contributed by atoms with E-state index in [2.05, 4.69) is 15.9 Å². The van der Waals surface area contributed by atoms with Crippen LogP contribution in [0.2, 0.25) is 0 Å². The van der Waals surface area contributed by atoms with Crippen molar-refractivity contribution in [3.8, 4) is 0 Å². The molecule has 0 saturated carbocycles. The molecule has 1 saturated heterocycles. The molecule has 1 aromatic carbocycles. The highest BCUT2D eigenvalue weighted by molar-refractivity contribution is 9.10. The van der Waals surface area contributed by atoms with Crippen molar-refractivity contribution in [2.45, 2.75) is 25.1 Å². The molecular weight excluding hydrogens is 351 g/mol. The number of benzene rings is 1. The van der Waals surface area contributed by atoms with Gasteiger partial charge >= 0.3 is 6.18 Å². The summed E-state index contributed by atoms with van der Waals surface area (Å²) in [5, 5.41) is 0. The van der Waals surface area contributed by atoms with Crippen molar-refractivity contribution in [1.82, 2.24) is 4.90 Å². The van der Waals surface area contributed by atoms with Crippen molar-refractivity contribution in [2.24, 2.45) is 0 Å². The van der Waals surface area contributed by atoms with Crippen LogP contribution >= 0.6 is 15.9 Å². The standard InChI is InChI=1S/C14H15BrF3NO2/c1-19(8-10-3-2-6-21-10)13(20)9-4-5-12(15)11(7-9)14(16,17)18/h4-5,7,10H,2-3,6,8H2,1H3. The van der Waals surface area contributed by atoms with Gasteiger partial charge in [-0.3, -0.25) is 4.79 Å². The molecule has 2 rings (SSSR count). The number of carbonyl (C=O) groups excluding carboxylic acids is 1. The van der Waals surface area contributed by atoms with E-state index in [1.807, 2.05) is 0 Å². The summed E-state index contributed by atoms with van der Waals surface area (Å²) in [7, 11) is 1.57. The van der Waals surface area contributed by atoms with E-state index in [0.29, 0.717) is 13.2 Å². The van der Waals surface area contributed by atoms with Crippen molar-refractivity contribution in [2.75, 3.05) is 20.2 Å². The first kappa shape index (κ1) is 16.3. The van der Waals surface area contributed by atoms with Gasteiger partial charge in [-0.2, -0.15) is 13.2 Å². The van der Waals surface area contributed by atoms with Gasteiger partial charge in [-0.1, -0.05) is 15.9 Å². The summed E-state index contributed by atoms with van der Waals surface area (Å²) in [5.41, 5.74) is -0.829. The Morgan fingerprint density at radius 1 is 1.48 bits per heavy atom. The highest BCUT2D eigenvalue weighted by atomic mass is 79.9. The maximum absolute atomic E-state index is 12.8. The van der Waals surface area contributed by atoms with E-state index >= 15 is 0 Å². The molecular formula is C14H15BrF3NO2. The lowest BCUT2D eigenvalue weighted by Crippen LogP contribution is -2.34. The predicted molar refractivity (Wildman–Crippen MR) is 75.1 cm³/mol. The Labute approximate surface area is 129 Å². The third kappa shape index (κ3) is 3.97. The number of likely N-dealkylation sites (N-methyl/N-ethyl adjacent to an activating group) is 1. The first-order valence-electron chi connectivity index (χ1n) is 6.53. The average molecular weight is 366 g/mol. The Kier molecular flexibility index (Phi) is 4.93. The fraction of sp³-hybridized carbons (Fsp3) is 0.500. The molecule has 1 heterocycles. The third-order valence-corrected chi connectivity index (χ3v) is 4.06. The monoisotopic (exact) mass is 365 g/mol. The quantitative estimate of drug-likeness (QED) is 0.816. The molecule has 1 unspecified atom stereocenters. The summed E-state index contributed by atoms with van der Waals surface area (Å²) < 4.78 is 43.9. The highest BCUT2D eigenvalue weighted by Crippen LogP contribution is 2.35. The largest absolute Gasteiger partial charge is 0.417 e. The van der Waals surface area contributed by atoms with Crippen LogP contribution in [0.4, 0.5) is 13.2 Å². The zero-order valence-corrected chi connectivity index (χ0v) is 13.0. The van der Waals surface area contributed by atoms with Gasteiger partial charge < -0.3 is 9.64 Å². The van der Waals surface area contributed by atoms with Crippen molar-refractivity contribution in [3.05, 3.63) is 33.8 Å². The fourth-order valence-corrected chi connectivity index (χ4v) is 2.74. The number of alkyl halides is 3. The van der Waals surface area contributed by atoms with Gasteiger partial charge in [0.15, 0.2) is 0 Å². The lowest BCUT2D eigenvalue weighted by Gasteiger charge is -2.21. The van der Waals surface area contributed by atoms with Crippen molar-refractivity contribution in [3.63, 3.8) is 0 Å². The maximum atomic E-state index is 12.8. The number of carbonyl (C=O) groups is 1. The molecule has 1 aromatic rings. The van der Waals surface area contributed by atoms with Crippen molar-refractivity contribution in [1.29, 1.82) is 0 Å². The van der Waals surface area contributed by atoms with Gasteiger partial charge in [-0.25, -0.2) is 0 Å². The number of hydrogen-bond donors (Lipinski definition) is 0. The van der Waals surface area contributed by atoms with Gasteiger partial charge in [0, 0.05) is 30.2 Å². The maximum Gasteiger partial charge on any atom is 0.417 e. The molecule has 1 amide bonds. The second kappa shape index (κ2) is 6.36. The smallest absolute Gasteiger partial charge is 0.376 e. The van der Waals surface area contributed by atoms with E-state index in [1.54, 1.807) is 7.05 Å². The number of ether oxygens (including phenoxy) is 1. The Balaban J connectivity index is 2.15. The number of hydrogen-bond acceptors (Lipinski definition) is 2. The zero-order valence-electron chi connectivity index (χ0n) is 11.4. The minimum Gasteiger partial charge on any atom is -0.376 e. The van der Waals surface area contributed by atoms with E-state index in [-0.39, 0.29) is 16.1 Å². The van der Waals surface area contributed by atoms with E-state index in [9.17, 15) is 18.0 Å². The van der Waals surface area contributed by atoms with E-state index < -0.39 is 17.6 Å².